The van der Waals surface area contributed by atoms with Gasteiger partial charge in [0, 0.05) is 12.0 Å². The largest absolute Gasteiger partial charge is 0.506 e. The van der Waals surface area contributed by atoms with Crippen molar-refractivity contribution in [3.05, 3.63) is 23.8 Å². The van der Waals surface area contributed by atoms with Crippen molar-refractivity contribution in [2.75, 3.05) is 5.32 Å². The molecule has 1 fully saturated rings. The lowest BCUT2D eigenvalue weighted by molar-refractivity contribution is 0.0635. The highest BCUT2D eigenvalue weighted by molar-refractivity contribution is 5.87. The molecule has 1 aliphatic rings. The number of nitrogens with one attached hydrogen (secondary N) is 1. The normalized spacial score (nSPS) is 21.9. The smallest absolute Gasteiger partial charge is 0.412 e. The summed E-state index contributed by atoms with van der Waals surface area (Å²) in [7, 11) is 0. The Balaban J connectivity index is 2.09. The summed E-state index contributed by atoms with van der Waals surface area (Å²) in [4.78, 5) is 11.7. The molecule has 1 aromatic carbocycles. The fourth-order valence-electron chi connectivity index (χ4n) is 1.90. The Bertz CT molecular complexity index is 494. The van der Waals surface area contributed by atoms with Crippen molar-refractivity contribution in [1.82, 2.24) is 0 Å². The van der Waals surface area contributed by atoms with Gasteiger partial charge in [0.2, 0.25) is 0 Å². The Labute approximate surface area is 112 Å². The molecule has 0 bridgehead atoms. The molecule has 5 heteroatoms. The number of carbonyl (C=O) groups excluding carboxylic acids is 1. The fraction of sp³-hybridized carbons (Fsp3) is 0.500. The van der Waals surface area contributed by atoms with Gasteiger partial charge in [-0.05, 0) is 44.9 Å². The molecule has 1 amide bonds. The minimum atomic E-state index is -0.583. The van der Waals surface area contributed by atoms with E-state index in [2.05, 4.69) is 5.32 Å². The molecule has 0 radical (unpaired) electrons. The third-order valence-electron chi connectivity index (χ3n) is 2.92. The lowest BCUT2D eigenvalue weighted by Gasteiger charge is -2.20. The molecule has 104 valence electrons. The Hall–Kier alpha value is -1.75. The maximum Gasteiger partial charge on any atom is 0.412 e. The van der Waals surface area contributed by atoms with E-state index in [9.17, 15) is 9.90 Å². The van der Waals surface area contributed by atoms with Gasteiger partial charge < -0.3 is 15.6 Å². The first-order valence-corrected chi connectivity index (χ1v) is 6.35. The van der Waals surface area contributed by atoms with Gasteiger partial charge in [0.15, 0.2) is 0 Å². The number of nitrogens with two attached hydrogens (primary N) is 1. The van der Waals surface area contributed by atoms with Crippen LogP contribution < -0.4 is 11.1 Å². The zero-order chi connectivity index (χ0) is 14.2. The first-order chi connectivity index (χ1) is 8.76. The molecule has 4 N–H and O–H groups in total. The number of hydrogen-bond acceptors (Lipinski definition) is 4. The van der Waals surface area contributed by atoms with Crippen LogP contribution in [0, 0.1) is 0 Å². The Morgan fingerprint density at radius 3 is 2.63 bits per heavy atom. The number of phenols is 1. The zero-order valence-electron chi connectivity index (χ0n) is 11.4. The third kappa shape index (κ3) is 3.61. The van der Waals surface area contributed by atoms with Crippen LogP contribution in [0.15, 0.2) is 18.2 Å². The van der Waals surface area contributed by atoms with E-state index < -0.39 is 11.7 Å². The Kier molecular flexibility index (Phi) is 3.41. The maximum atomic E-state index is 11.7. The van der Waals surface area contributed by atoms with Gasteiger partial charge in [-0.2, -0.15) is 0 Å². The molecule has 2 rings (SSSR count). The molecule has 2 atom stereocenters. The average molecular weight is 264 g/mol. The van der Waals surface area contributed by atoms with Crippen molar-refractivity contribution in [3.8, 4) is 5.75 Å². The molecule has 1 aromatic rings. The van der Waals surface area contributed by atoms with Gasteiger partial charge in [-0.3, -0.25) is 5.32 Å². The van der Waals surface area contributed by atoms with Crippen LogP contribution in [0.2, 0.25) is 0 Å². The van der Waals surface area contributed by atoms with E-state index in [1.165, 1.54) is 0 Å². The van der Waals surface area contributed by atoms with E-state index in [-0.39, 0.29) is 11.8 Å². The first-order valence-electron chi connectivity index (χ1n) is 6.35. The summed E-state index contributed by atoms with van der Waals surface area (Å²) in [5.74, 6) is 0.337. The molecule has 5 nitrogen and oxygen atoms in total. The van der Waals surface area contributed by atoms with Crippen molar-refractivity contribution in [2.45, 2.75) is 44.8 Å². The van der Waals surface area contributed by atoms with Gasteiger partial charge in [-0.25, -0.2) is 4.79 Å². The lowest BCUT2D eigenvalue weighted by atomic mass is 10.1. The SMILES string of the molecule is CC(C)(C)OC(=O)Nc1cc([C@@H]2C[C@H]2N)ccc1O. The molecule has 0 aromatic heterocycles. The number of ether oxygens (including phenoxy) is 1. The maximum absolute atomic E-state index is 11.7. The average Bonchev–Trinajstić information content (AvgIpc) is 2.96. The van der Waals surface area contributed by atoms with Crippen molar-refractivity contribution < 1.29 is 14.6 Å². The van der Waals surface area contributed by atoms with E-state index in [0.717, 1.165) is 12.0 Å². The van der Waals surface area contributed by atoms with Crippen LogP contribution in [0.25, 0.3) is 0 Å². The van der Waals surface area contributed by atoms with E-state index in [1.807, 2.05) is 6.07 Å². The molecule has 1 aliphatic carbocycles. The second-order valence-electron chi connectivity index (χ2n) is 5.91. The van der Waals surface area contributed by atoms with E-state index in [4.69, 9.17) is 10.5 Å². The van der Waals surface area contributed by atoms with E-state index >= 15 is 0 Å². The third-order valence-corrected chi connectivity index (χ3v) is 2.92. The topological polar surface area (TPSA) is 84.6 Å². The molecule has 0 spiro atoms. The molecule has 0 saturated heterocycles. The number of rotatable bonds is 2. The molecule has 0 heterocycles. The molecule has 19 heavy (non-hydrogen) atoms. The number of phenolic OH excluding ortho intramolecular Hbond substituents is 1. The zero-order valence-corrected chi connectivity index (χ0v) is 11.4. The molecular formula is C14H20N2O3. The summed E-state index contributed by atoms with van der Waals surface area (Å²) in [6.45, 7) is 5.35. The lowest BCUT2D eigenvalue weighted by Crippen LogP contribution is -2.27. The second-order valence-corrected chi connectivity index (χ2v) is 5.91. The highest BCUT2D eigenvalue weighted by atomic mass is 16.6. The quantitative estimate of drug-likeness (QED) is 0.717. The van der Waals surface area contributed by atoms with Crippen LogP contribution >= 0.6 is 0 Å². The minimum Gasteiger partial charge on any atom is -0.506 e. The number of benzene rings is 1. The van der Waals surface area contributed by atoms with Crippen LogP contribution in [0.5, 0.6) is 5.75 Å². The van der Waals surface area contributed by atoms with Crippen LogP contribution in [0.4, 0.5) is 10.5 Å². The van der Waals surface area contributed by atoms with Gasteiger partial charge >= 0.3 is 6.09 Å². The number of hydrogen-bond donors (Lipinski definition) is 3. The van der Waals surface area contributed by atoms with E-state index in [0.29, 0.717) is 11.6 Å². The van der Waals surface area contributed by atoms with Crippen molar-refractivity contribution in [1.29, 1.82) is 0 Å². The summed E-state index contributed by atoms with van der Waals surface area (Å²) >= 11 is 0. The van der Waals surface area contributed by atoms with Gasteiger partial charge in [0.05, 0.1) is 5.69 Å². The molecule has 1 saturated carbocycles. The van der Waals surface area contributed by atoms with Crippen LogP contribution in [0.3, 0.4) is 0 Å². The van der Waals surface area contributed by atoms with Crippen molar-refractivity contribution in [3.63, 3.8) is 0 Å². The number of aromatic hydroxyl groups is 1. The number of anilines is 1. The Morgan fingerprint density at radius 1 is 1.47 bits per heavy atom. The highest BCUT2D eigenvalue weighted by Gasteiger charge is 2.35. The second kappa shape index (κ2) is 4.74. The molecular weight excluding hydrogens is 244 g/mol. The van der Waals surface area contributed by atoms with Crippen LogP contribution in [-0.4, -0.2) is 22.8 Å². The summed E-state index contributed by atoms with van der Waals surface area (Å²) in [6, 6.07) is 5.32. The number of carbonyl (C=O) groups is 1. The van der Waals surface area contributed by atoms with Crippen LogP contribution in [-0.2, 0) is 4.74 Å². The summed E-state index contributed by atoms with van der Waals surface area (Å²) < 4.78 is 5.15. The first kappa shape index (κ1) is 13.7. The summed E-state index contributed by atoms with van der Waals surface area (Å²) in [5.41, 5.74) is 6.60. The predicted molar refractivity (Wildman–Crippen MR) is 73.3 cm³/mol. The number of amides is 1. The monoisotopic (exact) mass is 264 g/mol. The van der Waals surface area contributed by atoms with Gasteiger partial charge in [0.1, 0.15) is 11.4 Å². The summed E-state index contributed by atoms with van der Waals surface area (Å²) in [5, 5.41) is 12.3. The highest BCUT2D eigenvalue weighted by Crippen LogP contribution is 2.41. The van der Waals surface area contributed by atoms with E-state index in [1.54, 1.807) is 32.9 Å². The Morgan fingerprint density at radius 2 is 2.11 bits per heavy atom. The molecule has 0 aliphatic heterocycles. The summed E-state index contributed by atoms with van der Waals surface area (Å²) in [6.07, 6.45) is 0.358. The standard InChI is InChI=1S/C14H20N2O3/c1-14(2,3)19-13(18)16-11-6-8(4-5-12(11)17)9-7-10(9)15/h4-6,9-10,17H,7,15H2,1-3H3,(H,16,18)/t9-,10+/m0/s1. The van der Waals surface area contributed by atoms with Gasteiger partial charge in [-0.1, -0.05) is 6.07 Å². The molecule has 0 unspecified atom stereocenters. The van der Waals surface area contributed by atoms with Gasteiger partial charge in [-0.15, -0.1) is 0 Å². The predicted octanol–water partition coefficient (Wildman–Crippen LogP) is 2.55. The van der Waals surface area contributed by atoms with Crippen LogP contribution in [0.1, 0.15) is 38.7 Å². The van der Waals surface area contributed by atoms with Crippen molar-refractivity contribution >= 4 is 11.8 Å². The van der Waals surface area contributed by atoms with Crippen molar-refractivity contribution in [2.24, 2.45) is 5.73 Å². The van der Waals surface area contributed by atoms with Gasteiger partial charge in [0.25, 0.3) is 0 Å². The fourth-order valence-corrected chi connectivity index (χ4v) is 1.90. The minimum absolute atomic E-state index is 0.0174.